The van der Waals surface area contributed by atoms with Gasteiger partial charge in [0, 0.05) is 11.6 Å². The van der Waals surface area contributed by atoms with E-state index in [2.05, 4.69) is 25.5 Å². The van der Waals surface area contributed by atoms with E-state index >= 15 is 0 Å². The minimum Gasteiger partial charge on any atom is -0.466 e. The Labute approximate surface area is 118 Å². The number of rotatable bonds is 3. The van der Waals surface area contributed by atoms with Gasteiger partial charge >= 0.3 is 6.01 Å². The fourth-order valence-corrected chi connectivity index (χ4v) is 1.90. The van der Waals surface area contributed by atoms with Gasteiger partial charge in [0.05, 0.1) is 18.2 Å². The number of H-pyrrole nitrogens is 1. The van der Waals surface area contributed by atoms with Crippen LogP contribution in [0.3, 0.4) is 0 Å². The zero-order valence-electron chi connectivity index (χ0n) is 10.9. The van der Waals surface area contributed by atoms with Crippen LogP contribution in [0.4, 0.5) is 10.3 Å². The van der Waals surface area contributed by atoms with Crippen molar-refractivity contribution in [1.29, 1.82) is 0 Å². The minimum atomic E-state index is -0.544. The summed E-state index contributed by atoms with van der Waals surface area (Å²) in [4.78, 5) is 20.2. The zero-order chi connectivity index (χ0) is 14.8. The number of aromatic nitrogens is 4. The van der Waals surface area contributed by atoms with E-state index in [4.69, 9.17) is 4.74 Å². The quantitative estimate of drug-likeness (QED) is 0.765. The standard InChI is InChI=1S/C13H10FN5O2/c1-21-13-17-12(18-19-13)16-11(20)9-6-8(14)5-7-3-2-4-15-10(7)9/h2-6H,1H3,(H2,16,17,18,19,20). The molecule has 2 aromatic heterocycles. The molecule has 1 aromatic carbocycles. The van der Waals surface area contributed by atoms with Crippen LogP contribution in [-0.4, -0.2) is 33.2 Å². The highest BCUT2D eigenvalue weighted by atomic mass is 19.1. The lowest BCUT2D eigenvalue weighted by molar-refractivity contribution is 0.102. The van der Waals surface area contributed by atoms with Crippen molar-refractivity contribution >= 4 is 22.8 Å². The number of anilines is 1. The highest BCUT2D eigenvalue weighted by Gasteiger charge is 2.15. The van der Waals surface area contributed by atoms with Gasteiger partial charge in [-0.3, -0.25) is 15.1 Å². The molecule has 0 bridgehead atoms. The van der Waals surface area contributed by atoms with Crippen LogP contribution < -0.4 is 10.1 Å². The molecule has 3 rings (SSSR count). The number of fused-ring (bicyclic) bond motifs is 1. The Bertz CT molecular complexity index is 817. The van der Waals surface area contributed by atoms with Gasteiger partial charge in [-0.05, 0) is 18.2 Å². The zero-order valence-corrected chi connectivity index (χ0v) is 10.9. The van der Waals surface area contributed by atoms with Gasteiger partial charge in [0.1, 0.15) is 5.82 Å². The van der Waals surface area contributed by atoms with Crippen molar-refractivity contribution in [3.8, 4) is 6.01 Å². The summed E-state index contributed by atoms with van der Waals surface area (Å²) in [6.07, 6.45) is 1.54. The number of halogens is 1. The lowest BCUT2D eigenvalue weighted by atomic mass is 10.1. The van der Waals surface area contributed by atoms with Crippen LogP contribution >= 0.6 is 0 Å². The molecule has 0 aliphatic rings. The fraction of sp³-hybridized carbons (Fsp3) is 0.0769. The minimum absolute atomic E-state index is 0.0903. The van der Waals surface area contributed by atoms with Crippen LogP contribution in [0, 0.1) is 5.82 Å². The molecular weight excluding hydrogens is 277 g/mol. The summed E-state index contributed by atoms with van der Waals surface area (Å²) >= 11 is 0. The van der Waals surface area contributed by atoms with E-state index in [0.29, 0.717) is 10.9 Å². The molecule has 2 heterocycles. The summed E-state index contributed by atoms with van der Waals surface area (Å²) in [5.41, 5.74) is 0.517. The highest BCUT2D eigenvalue weighted by molar-refractivity contribution is 6.11. The van der Waals surface area contributed by atoms with Crippen LogP contribution in [-0.2, 0) is 0 Å². The number of hydrogen-bond donors (Lipinski definition) is 2. The van der Waals surface area contributed by atoms with Crippen molar-refractivity contribution in [2.45, 2.75) is 0 Å². The third-order valence-corrected chi connectivity index (χ3v) is 2.79. The molecule has 3 aromatic rings. The lowest BCUT2D eigenvalue weighted by Gasteiger charge is -2.05. The smallest absolute Gasteiger partial charge is 0.336 e. The van der Waals surface area contributed by atoms with E-state index in [1.54, 1.807) is 12.1 Å². The van der Waals surface area contributed by atoms with Gasteiger partial charge in [0.25, 0.3) is 5.91 Å². The van der Waals surface area contributed by atoms with Crippen molar-refractivity contribution in [1.82, 2.24) is 20.2 Å². The number of carbonyl (C=O) groups is 1. The molecule has 7 nitrogen and oxygen atoms in total. The lowest BCUT2D eigenvalue weighted by Crippen LogP contribution is -2.14. The molecule has 0 saturated heterocycles. The summed E-state index contributed by atoms with van der Waals surface area (Å²) in [6.45, 7) is 0. The molecule has 8 heteroatoms. The molecule has 21 heavy (non-hydrogen) atoms. The molecule has 0 aliphatic heterocycles. The Balaban J connectivity index is 1.97. The van der Waals surface area contributed by atoms with Crippen LogP contribution in [0.2, 0.25) is 0 Å². The number of aromatic amines is 1. The summed E-state index contributed by atoms with van der Waals surface area (Å²) in [7, 11) is 1.40. The van der Waals surface area contributed by atoms with Crippen molar-refractivity contribution in [3.05, 3.63) is 41.8 Å². The van der Waals surface area contributed by atoms with Gasteiger partial charge in [-0.15, -0.1) is 5.10 Å². The maximum absolute atomic E-state index is 13.6. The van der Waals surface area contributed by atoms with Gasteiger partial charge in [-0.1, -0.05) is 6.07 Å². The largest absolute Gasteiger partial charge is 0.466 e. The first kappa shape index (κ1) is 13.0. The van der Waals surface area contributed by atoms with Gasteiger partial charge < -0.3 is 4.74 Å². The van der Waals surface area contributed by atoms with Crippen molar-refractivity contribution < 1.29 is 13.9 Å². The topological polar surface area (TPSA) is 92.8 Å². The molecule has 0 radical (unpaired) electrons. The Hall–Kier alpha value is -3.03. The Kier molecular flexibility index (Phi) is 3.19. The number of methoxy groups -OCH3 is 1. The Morgan fingerprint density at radius 3 is 3.05 bits per heavy atom. The molecule has 0 fully saturated rings. The number of pyridine rings is 1. The van der Waals surface area contributed by atoms with Gasteiger partial charge in [-0.2, -0.15) is 4.98 Å². The van der Waals surface area contributed by atoms with Gasteiger partial charge in [0.2, 0.25) is 5.95 Å². The SMILES string of the molecule is COc1n[nH]c(NC(=O)c2cc(F)cc3cccnc23)n1. The second-order valence-electron chi connectivity index (χ2n) is 4.15. The number of ether oxygens (including phenoxy) is 1. The molecule has 0 aliphatic carbocycles. The van der Waals surface area contributed by atoms with E-state index in [1.807, 2.05) is 0 Å². The molecule has 0 spiro atoms. The molecule has 0 unspecified atom stereocenters. The number of carbonyl (C=O) groups excluding carboxylic acids is 1. The molecular formula is C13H10FN5O2. The number of nitrogens with one attached hydrogen (secondary N) is 2. The van der Waals surface area contributed by atoms with E-state index in [-0.39, 0.29) is 17.5 Å². The first-order chi connectivity index (χ1) is 10.2. The van der Waals surface area contributed by atoms with Crippen LogP contribution in [0.5, 0.6) is 6.01 Å². The maximum Gasteiger partial charge on any atom is 0.336 e. The molecule has 106 valence electrons. The third kappa shape index (κ3) is 2.50. The van der Waals surface area contributed by atoms with Crippen LogP contribution in [0.1, 0.15) is 10.4 Å². The molecule has 1 amide bonds. The summed E-state index contributed by atoms with van der Waals surface area (Å²) < 4.78 is 18.4. The van der Waals surface area contributed by atoms with Gasteiger partial charge in [0.15, 0.2) is 0 Å². The summed E-state index contributed by atoms with van der Waals surface area (Å²) in [6, 6.07) is 5.88. The number of nitrogens with zero attached hydrogens (tertiary/aromatic N) is 3. The average molecular weight is 287 g/mol. The highest BCUT2D eigenvalue weighted by Crippen LogP contribution is 2.19. The van der Waals surface area contributed by atoms with E-state index in [0.717, 1.165) is 6.07 Å². The van der Waals surface area contributed by atoms with Crippen LogP contribution in [0.15, 0.2) is 30.5 Å². The first-order valence-corrected chi connectivity index (χ1v) is 5.99. The second kappa shape index (κ2) is 5.16. The summed E-state index contributed by atoms with van der Waals surface area (Å²) in [5, 5.41) is 9.20. The number of amides is 1. The Morgan fingerprint density at radius 1 is 1.43 bits per heavy atom. The molecule has 2 N–H and O–H groups in total. The molecule has 0 saturated carbocycles. The van der Waals surface area contributed by atoms with E-state index in [9.17, 15) is 9.18 Å². The monoisotopic (exact) mass is 287 g/mol. The van der Waals surface area contributed by atoms with Crippen molar-refractivity contribution in [2.75, 3.05) is 12.4 Å². The van der Waals surface area contributed by atoms with Crippen molar-refractivity contribution in [2.24, 2.45) is 0 Å². The number of hydrogen-bond acceptors (Lipinski definition) is 5. The predicted octanol–water partition coefficient (Wildman–Crippen LogP) is 1.75. The normalized spacial score (nSPS) is 10.6. The third-order valence-electron chi connectivity index (χ3n) is 2.79. The van der Waals surface area contributed by atoms with Crippen LogP contribution in [0.25, 0.3) is 10.9 Å². The molecule has 0 atom stereocenters. The number of benzene rings is 1. The predicted molar refractivity (Wildman–Crippen MR) is 72.6 cm³/mol. The average Bonchev–Trinajstić information content (AvgIpc) is 2.94. The first-order valence-electron chi connectivity index (χ1n) is 5.99. The van der Waals surface area contributed by atoms with Crippen molar-refractivity contribution in [3.63, 3.8) is 0 Å². The van der Waals surface area contributed by atoms with E-state index in [1.165, 1.54) is 19.4 Å². The summed E-state index contributed by atoms with van der Waals surface area (Å²) in [5.74, 6) is -0.960. The Morgan fingerprint density at radius 2 is 2.29 bits per heavy atom. The fourth-order valence-electron chi connectivity index (χ4n) is 1.90. The maximum atomic E-state index is 13.6. The van der Waals surface area contributed by atoms with E-state index < -0.39 is 11.7 Å². The second-order valence-corrected chi connectivity index (χ2v) is 4.15. The van der Waals surface area contributed by atoms with Gasteiger partial charge in [-0.25, -0.2) is 9.49 Å².